The Balaban J connectivity index is 2.28. The Labute approximate surface area is 107 Å². The van der Waals surface area contributed by atoms with Gasteiger partial charge in [0.15, 0.2) is 0 Å². The number of nitrogens with one attached hydrogen (secondary N) is 1. The normalized spacial score (nSPS) is 12.9. The summed E-state index contributed by atoms with van der Waals surface area (Å²) in [5.41, 5.74) is 2.27. The first kappa shape index (κ1) is 14.5. The molecule has 5 nitrogen and oxygen atoms in total. The summed E-state index contributed by atoms with van der Waals surface area (Å²) in [5.74, 6) is 0. The van der Waals surface area contributed by atoms with Gasteiger partial charge in [-0.25, -0.2) is 4.79 Å². The largest absolute Gasteiger partial charge is 0.442 e. The maximum absolute atomic E-state index is 11.2. The highest BCUT2D eigenvalue weighted by Gasteiger charge is 2.16. The summed E-state index contributed by atoms with van der Waals surface area (Å²) < 4.78 is 4.97. The minimum absolute atomic E-state index is 0.0384. The van der Waals surface area contributed by atoms with E-state index in [9.17, 15) is 9.90 Å². The van der Waals surface area contributed by atoms with E-state index >= 15 is 0 Å². The number of ether oxygens (including phenoxy) is 1. The van der Waals surface area contributed by atoms with Crippen LogP contribution < -0.4 is 5.48 Å². The molecule has 5 heteroatoms. The van der Waals surface area contributed by atoms with E-state index < -0.39 is 17.8 Å². The molecule has 100 valence electrons. The number of aliphatic hydroxyl groups excluding tert-OH is 1. The molecule has 0 saturated heterocycles. The Morgan fingerprint density at radius 2 is 1.94 bits per heavy atom. The maximum Gasteiger partial charge on any atom is 0.431 e. The standard InChI is InChI=1S/C13H19NO4/c1-13(2,3)18-12(16)14-17-9-11(15)10-7-5-4-6-8-10/h4-8,11,15H,9H2,1-3H3,(H,14,16)/t11-/m1/s1. The van der Waals surface area contributed by atoms with Crippen LogP contribution in [0.15, 0.2) is 30.3 Å². The molecule has 18 heavy (non-hydrogen) atoms. The molecule has 0 saturated carbocycles. The molecule has 1 amide bonds. The van der Waals surface area contributed by atoms with Crippen LogP contribution in [0.4, 0.5) is 4.79 Å². The lowest BCUT2D eigenvalue weighted by Crippen LogP contribution is -2.33. The van der Waals surface area contributed by atoms with Crippen molar-refractivity contribution >= 4 is 6.09 Å². The van der Waals surface area contributed by atoms with Gasteiger partial charge < -0.3 is 9.84 Å². The topological polar surface area (TPSA) is 67.8 Å². The average Bonchev–Trinajstić information content (AvgIpc) is 2.27. The van der Waals surface area contributed by atoms with E-state index in [1.165, 1.54) is 0 Å². The van der Waals surface area contributed by atoms with Gasteiger partial charge in [-0.1, -0.05) is 30.3 Å². The fraction of sp³-hybridized carbons (Fsp3) is 0.462. The Hall–Kier alpha value is -1.59. The minimum Gasteiger partial charge on any atom is -0.442 e. The van der Waals surface area contributed by atoms with Crippen molar-refractivity contribution in [2.75, 3.05) is 6.61 Å². The first-order valence-corrected chi connectivity index (χ1v) is 5.72. The third-order valence-corrected chi connectivity index (χ3v) is 1.98. The van der Waals surface area contributed by atoms with Crippen LogP contribution in [-0.2, 0) is 9.57 Å². The van der Waals surface area contributed by atoms with Crippen molar-refractivity contribution in [3.05, 3.63) is 35.9 Å². The molecule has 1 rings (SSSR count). The first-order valence-electron chi connectivity index (χ1n) is 5.72. The zero-order valence-electron chi connectivity index (χ0n) is 10.8. The molecule has 0 aromatic heterocycles. The van der Waals surface area contributed by atoms with Crippen LogP contribution in [0, 0.1) is 0 Å². The summed E-state index contributed by atoms with van der Waals surface area (Å²) in [7, 11) is 0. The zero-order valence-corrected chi connectivity index (χ0v) is 10.8. The van der Waals surface area contributed by atoms with Crippen LogP contribution in [-0.4, -0.2) is 23.4 Å². The number of benzene rings is 1. The van der Waals surface area contributed by atoms with Gasteiger partial charge in [0.1, 0.15) is 18.3 Å². The van der Waals surface area contributed by atoms with Crippen molar-refractivity contribution in [1.82, 2.24) is 5.48 Å². The van der Waals surface area contributed by atoms with Crippen LogP contribution in [0.3, 0.4) is 0 Å². The molecule has 2 N–H and O–H groups in total. The molecule has 1 aromatic rings. The van der Waals surface area contributed by atoms with Crippen molar-refractivity contribution in [3.63, 3.8) is 0 Å². The molecule has 0 radical (unpaired) electrons. The van der Waals surface area contributed by atoms with E-state index in [1.54, 1.807) is 32.9 Å². The van der Waals surface area contributed by atoms with Crippen molar-refractivity contribution < 1.29 is 19.5 Å². The molecule has 0 spiro atoms. The third-order valence-electron chi connectivity index (χ3n) is 1.98. The Morgan fingerprint density at radius 3 is 2.50 bits per heavy atom. The summed E-state index contributed by atoms with van der Waals surface area (Å²) in [5, 5.41) is 9.75. The molecule has 0 bridgehead atoms. The fourth-order valence-corrected chi connectivity index (χ4v) is 1.25. The molecular formula is C13H19NO4. The number of carbonyl (C=O) groups excluding carboxylic acids is 1. The SMILES string of the molecule is CC(C)(C)OC(=O)NOC[C@@H](O)c1ccccc1. The second-order valence-corrected chi connectivity index (χ2v) is 4.84. The van der Waals surface area contributed by atoms with E-state index in [0.29, 0.717) is 0 Å². The van der Waals surface area contributed by atoms with E-state index in [0.717, 1.165) is 5.56 Å². The maximum atomic E-state index is 11.2. The van der Waals surface area contributed by atoms with Crippen LogP contribution in [0.5, 0.6) is 0 Å². The molecule has 1 aromatic carbocycles. The molecule has 0 fully saturated rings. The lowest BCUT2D eigenvalue weighted by molar-refractivity contribution is -0.0364. The zero-order chi connectivity index (χ0) is 13.6. The van der Waals surface area contributed by atoms with Gasteiger partial charge in [-0.3, -0.25) is 4.84 Å². The summed E-state index contributed by atoms with van der Waals surface area (Å²) in [6, 6.07) is 9.05. The number of hydrogen-bond acceptors (Lipinski definition) is 4. The van der Waals surface area contributed by atoms with Crippen molar-refractivity contribution in [3.8, 4) is 0 Å². The third kappa shape index (κ3) is 5.65. The summed E-state index contributed by atoms with van der Waals surface area (Å²) >= 11 is 0. The summed E-state index contributed by atoms with van der Waals surface area (Å²) in [6.07, 6.45) is -1.47. The molecule has 0 aliphatic carbocycles. The number of carbonyl (C=O) groups is 1. The second kappa shape index (κ2) is 6.37. The molecule has 1 atom stereocenters. The van der Waals surface area contributed by atoms with Crippen molar-refractivity contribution in [1.29, 1.82) is 0 Å². The Morgan fingerprint density at radius 1 is 1.33 bits per heavy atom. The lowest BCUT2D eigenvalue weighted by atomic mass is 10.1. The van der Waals surface area contributed by atoms with E-state index in [-0.39, 0.29) is 6.61 Å². The van der Waals surface area contributed by atoms with E-state index in [2.05, 4.69) is 5.48 Å². The van der Waals surface area contributed by atoms with Gasteiger partial charge in [-0.15, -0.1) is 0 Å². The smallest absolute Gasteiger partial charge is 0.431 e. The Kier molecular flexibility index (Phi) is 5.12. The number of hydroxylamine groups is 1. The highest BCUT2D eigenvalue weighted by molar-refractivity contribution is 5.66. The van der Waals surface area contributed by atoms with E-state index in [1.807, 2.05) is 18.2 Å². The van der Waals surface area contributed by atoms with Crippen LogP contribution in [0.2, 0.25) is 0 Å². The number of amides is 1. The second-order valence-electron chi connectivity index (χ2n) is 4.84. The van der Waals surface area contributed by atoms with Crippen molar-refractivity contribution in [2.45, 2.75) is 32.5 Å². The van der Waals surface area contributed by atoms with Crippen molar-refractivity contribution in [2.24, 2.45) is 0 Å². The number of rotatable bonds is 4. The number of hydrogen-bond donors (Lipinski definition) is 2. The number of aliphatic hydroxyl groups is 1. The van der Waals surface area contributed by atoms with Gasteiger partial charge >= 0.3 is 6.09 Å². The van der Waals surface area contributed by atoms with Gasteiger partial charge in [-0.2, -0.15) is 5.48 Å². The average molecular weight is 253 g/mol. The van der Waals surface area contributed by atoms with Gasteiger partial charge in [0.05, 0.1) is 0 Å². The predicted molar refractivity (Wildman–Crippen MR) is 66.7 cm³/mol. The van der Waals surface area contributed by atoms with Gasteiger partial charge in [0.25, 0.3) is 0 Å². The van der Waals surface area contributed by atoms with Gasteiger partial charge in [-0.05, 0) is 26.3 Å². The highest BCUT2D eigenvalue weighted by atomic mass is 16.7. The monoisotopic (exact) mass is 253 g/mol. The minimum atomic E-state index is -0.791. The van der Waals surface area contributed by atoms with Crippen LogP contribution in [0.25, 0.3) is 0 Å². The summed E-state index contributed by atoms with van der Waals surface area (Å²) in [6.45, 7) is 5.23. The summed E-state index contributed by atoms with van der Waals surface area (Å²) in [4.78, 5) is 16.1. The Bertz CT molecular complexity index is 372. The van der Waals surface area contributed by atoms with Crippen LogP contribution in [0.1, 0.15) is 32.4 Å². The quantitative estimate of drug-likeness (QED) is 0.807. The predicted octanol–water partition coefficient (Wildman–Crippen LogP) is 2.18. The first-order chi connectivity index (χ1) is 8.38. The fourth-order valence-electron chi connectivity index (χ4n) is 1.25. The molecular weight excluding hydrogens is 234 g/mol. The molecule has 0 aliphatic rings. The highest BCUT2D eigenvalue weighted by Crippen LogP contribution is 2.11. The van der Waals surface area contributed by atoms with Gasteiger partial charge in [0.2, 0.25) is 0 Å². The lowest BCUT2D eigenvalue weighted by Gasteiger charge is -2.19. The molecule has 0 unspecified atom stereocenters. The van der Waals surface area contributed by atoms with Crippen LogP contribution >= 0.6 is 0 Å². The van der Waals surface area contributed by atoms with Gasteiger partial charge in [0, 0.05) is 0 Å². The molecule has 0 heterocycles. The van der Waals surface area contributed by atoms with E-state index in [4.69, 9.17) is 9.57 Å². The molecule has 0 aliphatic heterocycles.